The molecular weight excluding hydrogens is 386 g/mol. The van der Waals surface area contributed by atoms with Crippen molar-refractivity contribution in [3.05, 3.63) is 77.6 Å². The second-order valence-corrected chi connectivity index (χ2v) is 8.33. The Morgan fingerprint density at radius 3 is 2.55 bits per heavy atom. The number of aromatic nitrogens is 2. The summed E-state index contributed by atoms with van der Waals surface area (Å²) in [6.45, 7) is 3.11. The van der Waals surface area contributed by atoms with Crippen LogP contribution in [0.4, 0.5) is 5.95 Å². The molecule has 0 spiro atoms. The molecule has 1 amide bonds. The minimum absolute atomic E-state index is 0.350. The summed E-state index contributed by atoms with van der Waals surface area (Å²) < 4.78 is 0. The molecule has 2 heterocycles. The van der Waals surface area contributed by atoms with Crippen molar-refractivity contribution in [3.8, 4) is 11.1 Å². The van der Waals surface area contributed by atoms with Crippen molar-refractivity contribution in [2.24, 2.45) is 5.73 Å². The number of hydrogen-bond donors (Lipinski definition) is 1. The molecule has 2 N–H and O–H groups in total. The molecule has 6 nitrogen and oxygen atoms in total. The Balaban J connectivity index is 1.56. The Hall–Kier alpha value is -3.25. The topological polar surface area (TPSA) is 75.4 Å². The molecule has 31 heavy (non-hydrogen) atoms. The molecule has 0 aliphatic carbocycles. The average molecular weight is 416 g/mol. The molecule has 1 aromatic heterocycles. The molecule has 4 rings (SSSR count). The van der Waals surface area contributed by atoms with Crippen molar-refractivity contribution in [1.29, 1.82) is 0 Å². The fourth-order valence-corrected chi connectivity index (χ4v) is 4.14. The smallest absolute Gasteiger partial charge is 0.248 e. The zero-order valence-electron chi connectivity index (χ0n) is 18.2. The van der Waals surface area contributed by atoms with Gasteiger partial charge in [0.15, 0.2) is 0 Å². The third-order valence-electron chi connectivity index (χ3n) is 5.90. The molecule has 2 aromatic carbocycles. The highest BCUT2D eigenvalue weighted by Crippen LogP contribution is 2.34. The third-order valence-corrected chi connectivity index (χ3v) is 5.90. The van der Waals surface area contributed by atoms with Crippen molar-refractivity contribution in [3.63, 3.8) is 0 Å². The number of likely N-dealkylation sites (tertiary alicyclic amines) is 1. The maximum atomic E-state index is 11.4. The second kappa shape index (κ2) is 9.27. The summed E-state index contributed by atoms with van der Waals surface area (Å²) in [4.78, 5) is 25.4. The molecule has 1 atom stereocenters. The van der Waals surface area contributed by atoms with E-state index in [2.05, 4.69) is 40.2 Å². The number of hydrogen-bond acceptors (Lipinski definition) is 5. The zero-order valence-corrected chi connectivity index (χ0v) is 18.2. The van der Waals surface area contributed by atoms with Gasteiger partial charge in [0.25, 0.3) is 0 Å². The summed E-state index contributed by atoms with van der Waals surface area (Å²) in [5, 5.41) is 0. The van der Waals surface area contributed by atoms with Gasteiger partial charge in [0, 0.05) is 50.4 Å². The van der Waals surface area contributed by atoms with Gasteiger partial charge in [0.05, 0.1) is 5.69 Å². The van der Waals surface area contributed by atoms with Gasteiger partial charge in [-0.2, -0.15) is 0 Å². The summed E-state index contributed by atoms with van der Waals surface area (Å²) in [5.74, 6) is 0.648. The van der Waals surface area contributed by atoms with E-state index in [9.17, 15) is 4.79 Å². The van der Waals surface area contributed by atoms with E-state index in [1.165, 1.54) is 5.56 Å². The Morgan fingerprint density at radius 2 is 1.87 bits per heavy atom. The van der Waals surface area contributed by atoms with Crippen molar-refractivity contribution < 1.29 is 4.79 Å². The Labute approximate surface area is 183 Å². The van der Waals surface area contributed by atoms with Crippen molar-refractivity contribution in [2.75, 3.05) is 38.6 Å². The monoisotopic (exact) mass is 415 g/mol. The van der Waals surface area contributed by atoms with Crippen molar-refractivity contribution in [2.45, 2.75) is 18.8 Å². The van der Waals surface area contributed by atoms with Crippen LogP contribution in [-0.2, 0) is 6.42 Å². The highest BCUT2D eigenvalue weighted by Gasteiger charge is 2.28. The van der Waals surface area contributed by atoms with Gasteiger partial charge in [0.2, 0.25) is 11.9 Å². The largest absolute Gasteiger partial charge is 0.366 e. The van der Waals surface area contributed by atoms with Crippen LogP contribution in [0.3, 0.4) is 0 Å². The van der Waals surface area contributed by atoms with E-state index in [0.29, 0.717) is 11.5 Å². The summed E-state index contributed by atoms with van der Waals surface area (Å²) in [7, 11) is 3.92. The van der Waals surface area contributed by atoms with E-state index in [1.54, 1.807) is 12.1 Å². The van der Waals surface area contributed by atoms with Gasteiger partial charge in [-0.1, -0.05) is 42.5 Å². The molecule has 1 aliphatic heterocycles. The predicted molar refractivity (Wildman–Crippen MR) is 124 cm³/mol. The fourth-order valence-electron chi connectivity index (χ4n) is 4.14. The van der Waals surface area contributed by atoms with Crippen LogP contribution >= 0.6 is 0 Å². The summed E-state index contributed by atoms with van der Waals surface area (Å²) in [6.07, 6.45) is 4.04. The number of primary amides is 1. The van der Waals surface area contributed by atoms with Gasteiger partial charge in [-0.05, 0) is 42.6 Å². The first-order valence-corrected chi connectivity index (χ1v) is 10.7. The van der Waals surface area contributed by atoms with Gasteiger partial charge >= 0.3 is 0 Å². The lowest BCUT2D eigenvalue weighted by Gasteiger charge is -2.19. The lowest BCUT2D eigenvalue weighted by Crippen LogP contribution is -2.23. The molecule has 1 saturated heterocycles. The van der Waals surface area contributed by atoms with Gasteiger partial charge in [-0.15, -0.1) is 0 Å². The second-order valence-electron chi connectivity index (χ2n) is 8.33. The van der Waals surface area contributed by atoms with Gasteiger partial charge < -0.3 is 15.5 Å². The number of benzene rings is 2. The van der Waals surface area contributed by atoms with Gasteiger partial charge in [0.1, 0.15) is 0 Å². The number of rotatable bonds is 7. The average Bonchev–Trinajstić information content (AvgIpc) is 3.27. The van der Waals surface area contributed by atoms with E-state index in [4.69, 9.17) is 10.7 Å². The summed E-state index contributed by atoms with van der Waals surface area (Å²) in [5.41, 5.74) is 10.4. The normalized spacial score (nSPS) is 16.4. The number of nitrogens with zero attached hydrogens (tertiary/aromatic N) is 4. The van der Waals surface area contributed by atoms with Crippen LogP contribution in [0.25, 0.3) is 11.1 Å². The van der Waals surface area contributed by atoms with E-state index in [-0.39, 0.29) is 0 Å². The molecule has 0 saturated carbocycles. The fraction of sp³-hybridized carbons (Fsp3) is 0.320. The van der Waals surface area contributed by atoms with Crippen LogP contribution in [0.2, 0.25) is 0 Å². The quantitative estimate of drug-likeness (QED) is 0.641. The van der Waals surface area contributed by atoms with Crippen LogP contribution < -0.4 is 10.6 Å². The van der Waals surface area contributed by atoms with Gasteiger partial charge in [-0.3, -0.25) is 4.79 Å². The first-order valence-electron chi connectivity index (χ1n) is 10.7. The van der Waals surface area contributed by atoms with Crippen molar-refractivity contribution in [1.82, 2.24) is 14.9 Å². The molecule has 0 radical (unpaired) electrons. The molecule has 1 fully saturated rings. The molecule has 1 aliphatic rings. The molecule has 0 bridgehead atoms. The number of carbonyl (C=O) groups excluding carboxylic acids is 1. The van der Waals surface area contributed by atoms with Crippen LogP contribution in [0, 0.1) is 0 Å². The maximum absolute atomic E-state index is 11.4. The maximum Gasteiger partial charge on any atom is 0.248 e. The molecule has 6 heteroatoms. The molecule has 0 unspecified atom stereocenters. The SMILES string of the molecule is CN(C)c1ncc(-c2ccc(C(N)=O)cc2)c([C@H]2CCN(CCc3ccccc3)C2)n1. The van der Waals surface area contributed by atoms with E-state index < -0.39 is 5.91 Å². The Morgan fingerprint density at radius 1 is 1.13 bits per heavy atom. The summed E-state index contributed by atoms with van der Waals surface area (Å²) >= 11 is 0. The summed E-state index contributed by atoms with van der Waals surface area (Å²) in [6, 6.07) is 18.0. The standard InChI is InChI=1S/C25H29N5O/c1-29(2)25-27-16-22(19-8-10-20(11-9-19)24(26)31)23(28-25)21-13-15-30(17-21)14-12-18-6-4-3-5-7-18/h3-11,16,21H,12-15,17H2,1-2H3,(H2,26,31)/t21-/m0/s1. The minimum atomic E-state index is -0.421. The van der Waals surface area contributed by atoms with Crippen LogP contribution in [-0.4, -0.2) is 54.5 Å². The number of amides is 1. The molecular formula is C25H29N5O. The highest BCUT2D eigenvalue weighted by atomic mass is 16.1. The first-order chi connectivity index (χ1) is 15.0. The zero-order chi connectivity index (χ0) is 21.8. The predicted octanol–water partition coefficient (Wildman–Crippen LogP) is 3.34. The van der Waals surface area contributed by atoms with E-state index in [0.717, 1.165) is 55.2 Å². The van der Waals surface area contributed by atoms with E-state index in [1.807, 2.05) is 37.3 Å². The lowest BCUT2D eigenvalue weighted by atomic mass is 9.95. The van der Waals surface area contributed by atoms with Gasteiger partial charge in [-0.25, -0.2) is 9.97 Å². The molecule has 160 valence electrons. The molecule has 3 aromatic rings. The number of nitrogens with two attached hydrogens (primary N) is 1. The number of anilines is 1. The Bertz CT molecular complexity index is 1030. The van der Waals surface area contributed by atoms with Crippen LogP contribution in [0.15, 0.2) is 60.8 Å². The Kier molecular flexibility index (Phi) is 6.28. The van der Waals surface area contributed by atoms with E-state index >= 15 is 0 Å². The lowest BCUT2D eigenvalue weighted by molar-refractivity contribution is 0.100. The third kappa shape index (κ3) is 4.91. The number of carbonyl (C=O) groups is 1. The van der Waals surface area contributed by atoms with Crippen LogP contribution in [0.5, 0.6) is 0 Å². The van der Waals surface area contributed by atoms with Crippen molar-refractivity contribution >= 4 is 11.9 Å². The van der Waals surface area contributed by atoms with Crippen LogP contribution in [0.1, 0.15) is 34.0 Å². The highest BCUT2D eigenvalue weighted by molar-refractivity contribution is 5.93. The minimum Gasteiger partial charge on any atom is -0.366 e. The first kappa shape index (κ1) is 21.0.